The molecule has 0 saturated carbocycles. The van der Waals surface area contributed by atoms with E-state index in [0.717, 1.165) is 11.3 Å². The van der Waals surface area contributed by atoms with Crippen LogP contribution >= 0.6 is 0 Å². The van der Waals surface area contributed by atoms with Crippen molar-refractivity contribution in [2.24, 2.45) is 0 Å². The Morgan fingerprint density at radius 2 is 1.38 bits per heavy atom. The Kier molecular flexibility index (Phi) is 4.38. The van der Waals surface area contributed by atoms with E-state index in [-0.39, 0.29) is 11.8 Å². The van der Waals surface area contributed by atoms with Crippen LogP contribution in [-0.4, -0.2) is 9.55 Å². The SMILES string of the molecule is C1=CC2c3cc(-c4ccccc4)ccc3-n3c(nc4ccccc43)C2C=C1c1ccc2ccccc2c1. The van der Waals surface area contributed by atoms with Crippen molar-refractivity contribution in [3.05, 3.63) is 150 Å². The predicted molar refractivity (Wildman–Crippen MR) is 153 cm³/mol. The second-order valence-electron chi connectivity index (χ2n) is 10.0. The lowest BCUT2D eigenvalue weighted by molar-refractivity contribution is 0.642. The van der Waals surface area contributed by atoms with Crippen LogP contribution in [0.25, 0.3) is 44.2 Å². The van der Waals surface area contributed by atoms with Crippen molar-refractivity contribution in [2.45, 2.75) is 11.8 Å². The zero-order valence-electron chi connectivity index (χ0n) is 20.3. The van der Waals surface area contributed by atoms with E-state index in [1.807, 2.05) is 0 Å². The molecule has 1 aromatic heterocycles. The Morgan fingerprint density at radius 3 is 2.30 bits per heavy atom. The average Bonchev–Trinajstić information content (AvgIpc) is 3.37. The molecule has 0 N–H and O–H groups in total. The number of nitrogens with zero attached hydrogens (tertiary/aromatic N) is 2. The summed E-state index contributed by atoms with van der Waals surface area (Å²) in [5.74, 6) is 1.53. The normalized spacial score (nSPS) is 17.8. The molecule has 6 aromatic rings. The summed E-state index contributed by atoms with van der Waals surface area (Å²) in [6.45, 7) is 0. The van der Waals surface area contributed by atoms with Crippen molar-refractivity contribution in [3.8, 4) is 16.8 Å². The summed E-state index contributed by atoms with van der Waals surface area (Å²) in [7, 11) is 0. The lowest BCUT2D eigenvalue weighted by Crippen LogP contribution is -2.22. The molecule has 8 rings (SSSR count). The zero-order valence-corrected chi connectivity index (χ0v) is 20.3. The number of imidazole rings is 1. The minimum atomic E-state index is 0.164. The first-order valence-corrected chi connectivity index (χ1v) is 12.9. The highest BCUT2D eigenvalue weighted by molar-refractivity contribution is 5.89. The molecule has 0 saturated heterocycles. The quantitative estimate of drug-likeness (QED) is 0.246. The van der Waals surface area contributed by atoms with E-state index >= 15 is 0 Å². The van der Waals surface area contributed by atoms with Crippen molar-refractivity contribution < 1.29 is 0 Å². The minimum Gasteiger partial charge on any atom is -0.295 e. The summed E-state index contributed by atoms with van der Waals surface area (Å²) in [5, 5.41) is 2.54. The Morgan fingerprint density at radius 1 is 0.595 bits per heavy atom. The highest BCUT2D eigenvalue weighted by Crippen LogP contribution is 2.49. The monoisotopic (exact) mass is 472 g/mol. The van der Waals surface area contributed by atoms with Crippen LogP contribution in [0, 0.1) is 0 Å². The fourth-order valence-electron chi connectivity index (χ4n) is 6.13. The molecule has 0 amide bonds. The number of fused-ring (bicyclic) bond motifs is 9. The predicted octanol–water partition coefficient (Wildman–Crippen LogP) is 8.68. The summed E-state index contributed by atoms with van der Waals surface area (Å²) in [5.41, 5.74) is 9.81. The molecule has 2 unspecified atom stereocenters. The van der Waals surface area contributed by atoms with Crippen molar-refractivity contribution >= 4 is 27.4 Å². The maximum atomic E-state index is 5.18. The average molecular weight is 473 g/mol. The highest BCUT2D eigenvalue weighted by Gasteiger charge is 2.36. The third-order valence-electron chi connectivity index (χ3n) is 7.93. The van der Waals surface area contributed by atoms with Gasteiger partial charge in [-0.05, 0) is 68.9 Å². The summed E-state index contributed by atoms with van der Waals surface area (Å²) in [6, 6.07) is 41.4. The molecule has 2 heteroatoms. The first-order valence-electron chi connectivity index (χ1n) is 12.9. The molecule has 2 atom stereocenters. The van der Waals surface area contributed by atoms with Crippen LogP contribution in [-0.2, 0) is 0 Å². The van der Waals surface area contributed by atoms with Crippen LogP contribution in [0.1, 0.15) is 28.8 Å². The van der Waals surface area contributed by atoms with Gasteiger partial charge in [0, 0.05) is 11.8 Å². The summed E-state index contributed by atoms with van der Waals surface area (Å²) >= 11 is 0. The van der Waals surface area contributed by atoms with Crippen LogP contribution in [0.5, 0.6) is 0 Å². The minimum absolute atomic E-state index is 0.164. The number of para-hydroxylation sites is 2. The van der Waals surface area contributed by atoms with E-state index in [2.05, 4.69) is 138 Å². The Hall–Kier alpha value is -4.69. The molecule has 2 nitrogen and oxygen atoms in total. The van der Waals surface area contributed by atoms with Gasteiger partial charge in [0.15, 0.2) is 0 Å². The molecule has 2 heterocycles. The van der Waals surface area contributed by atoms with Crippen molar-refractivity contribution in [2.75, 3.05) is 0 Å². The summed E-state index contributed by atoms with van der Waals surface area (Å²) < 4.78 is 2.38. The maximum Gasteiger partial charge on any atom is 0.122 e. The Balaban J connectivity index is 1.33. The topological polar surface area (TPSA) is 17.8 Å². The lowest BCUT2D eigenvalue weighted by atomic mass is 9.76. The highest BCUT2D eigenvalue weighted by atomic mass is 15.1. The molecular weight excluding hydrogens is 448 g/mol. The second kappa shape index (κ2) is 7.91. The van der Waals surface area contributed by atoms with E-state index in [9.17, 15) is 0 Å². The number of hydrogen-bond donors (Lipinski definition) is 0. The second-order valence-corrected chi connectivity index (χ2v) is 10.0. The van der Waals surface area contributed by atoms with E-state index in [4.69, 9.17) is 4.98 Å². The standard InChI is InChI=1S/C35H24N2/c1-2-8-23(9-3-1)27-17-19-33-30(21-27)29-18-16-28(26-15-14-24-10-4-5-11-25(24)20-26)22-31(29)35-36-32-12-6-7-13-34(32)37(33)35/h1-22,29,31H. The van der Waals surface area contributed by atoms with Gasteiger partial charge in [-0.25, -0.2) is 4.98 Å². The first-order chi connectivity index (χ1) is 18.3. The lowest BCUT2D eigenvalue weighted by Gasteiger charge is -2.34. The van der Waals surface area contributed by atoms with Gasteiger partial charge in [-0.3, -0.25) is 4.57 Å². The molecular formula is C35H24N2. The van der Waals surface area contributed by atoms with Crippen LogP contribution in [0.3, 0.4) is 0 Å². The number of aromatic nitrogens is 2. The van der Waals surface area contributed by atoms with Gasteiger partial charge in [0.25, 0.3) is 0 Å². The molecule has 1 aliphatic heterocycles. The Labute approximate surface area is 215 Å². The first kappa shape index (κ1) is 20.5. The number of hydrogen-bond acceptors (Lipinski definition) is 1. The van der Waals surface area contributed by atoms with Crippen LogP contribution in [0.15, 0.2) is 133 Å². The van der Waals surface area contributed by atoms with Gasteiger partial charge in [-0.1, -0.05) is 103 Å². The zero-order chi connectivity index (χ0) is 24.3. The maximum absolute atomic E-state index is 5.18. The number of rotatable bonds is 2. The molecule has 0 fully saturated rings. The molecule has 1 aliphatic carbocycles. The van der Waals surface area contributed by atoms with Crippen LogP contribution in [0.2, 0.25) is 0 Å². The molecule has 2 aliphatic rings. The largest absolute Gasteiger partial charge is 0.295 e. The van der Waals surface area contributed by atoms with Gasteiger partial charge in [-0.15, -0.1) is 0 Å². The molecule has 37 heavy (non-hydrogen) atoms. The van der Waals surface area contributed by atoms with Gasteiger partial charge in [0.2, 0.25) is 0 Å². The molecule has 174 valence electrons. The van der Waals surface area contributed by atoms with Crippen molar-refractivity contribution in [1.29, 1.82) is 0 Å². The van der Waals surface area contributed by atoms with Crippen molar-refractivity contribution in [1.82, 2.24) is 9.55 Å². The molecule has 0 spiro atoms. The smallest absolute Gasteiger partial charge is 0.122 e. The fraction of sp³-hybridized carbons (Fsp3) is 0.0571. The van der Waals surface area contributed by atoms with Crippen LogP contribution < -0.4 is 0 Å². The number of allylic oxidation sites excluding steroid dienone is 4. The van der Waals surface area contributed by atoms with Gasteiger partial charge in [0.1, 0.15) is 5.82 Å². The van der Waals surface area contributed by atoms with E-state index in [1.54, 1.807) is 0 Å². The molecule has 0 radical (unpaired) electrons. The number of benzene rings is 5. The summed E-state index contributed by atoms with van der Waals surface area (Å²) in [4.78, 5) is 5.18. The van der Waals surface area contributed by atoms with Gasteiger partial charge >= 0.3 is 0 Å². The third-order valence-corrected chi connectivity index (χ3v) is 7.93. The van der Waals surface area contributed by atoms with Gasteiger partial charge in [0.05, 0.1) is 16.7 Å². The van der Waals surface area contributed by atoms with E-state index < -0.39 is 0 Å². The van der Waals surface area contributed by atoms with Gasteiger partial charge in [-0.2, -0.15) is 0 Å². The van der Waals surface area contributed by atoms with Gasteiger partial charge < -0.3 is 0 Å². The third kappa shape index (κ3) is 3.16. The van der Waals surface area contributed by atoms with Crippen molar-refractivity contribution in [3.63, 3.8) is 0 Å². The molecule has 5 aromatic carbocycles. The van der Waals surface area contributed by atoms with E-state index in [1.165, 1.54) is 49.8 Å². The van der Waals surface area contributed by atoms with E-state index in [0.29, 0.717) is 0 Å². The fourth-order valence-corrected chi connectivity index (χ4v) is 6.13. The molecule has 0 bridgehead atoms. The summed E-state index contributed by atoms with van der Waals surface area (Å²) in [6.07, 6.45) is 7.14. The van der Waals surface area contributed by atoms with Crippen LogP contribution in [0.4, 0.5) is 0 Å². The Bertz CT molecular complexity index is 1890.